The van der Waals surface area contributed by atoms with Gasteiger partial charge in [0, 0.05) is 6.42 Å². The molecule has 16 heavy (non-hydrogen) atoms. The van der Waals surface area contributed by atoms with Crippen LogP contribution in [0.5, 0.6) is 0 Å². The van der Waals surface area contributed by atoms with Crippen LogP contribution in [0.2, 0.25) is 0 Å². The molecule has 3 heteroatoms. The molecule has 90 valence electrons. The van der Waals surface area contributed by atoms with E-state index in [2.05, 4.69) is 24.1 Å². The van der Waals surface area contributed by atoms with E-state index >= 15 is 0 Å². The molecule has 0 N–H and O–H groups in total. The summed E-state index contributed by atoms with van der Waals surface area (Å²) in [6.45, 7) is 4.18. The maximum atomic E-state index is 12.4. The van der Waals surface area contributed by atoms with E-state index in [1.54, 1.807) is 11.3 Å². The Labute approximate surface area is 102 Å². The molecular formula is C13H21NOS. The Hall–Kier alpha value is -0.670. The Kier molecular flexibility index (Phi) is 4.69. The van der Waals surface area contributed by atoms with Crippen LogP contribution in [-0.4, -0.2) is 30.3 Å². The number of hydrogen-bond acceptors (Lipinski definition) is 3. The fourth-order valence-electron chi connectivity index (χ4n) is 2.27. The Morgan fingerprint density at radius 3 is 2.38 bits per heavy atom. The molecule has 1 heterocycles. The molecule has 0 aliphatic heterocycles. The van der Waals surface area contributed by atoms with Crippen molar-refractivity contribution in [3.8, 4) is 0 Å². The maximum Gasteiger partial charge on any atom is 0.157 e. The maximum absolute atomic E-state index is 12.4. The molecular weight excluding hydrogens is 218 g/mol. The van der Waals surface area contributed by atoms with Gasteiger partial charge in [-0.25, -0.2) is 0 Å². The third-order valence-electron chi connectivity index (χ3n) is 3.49. The zero-order valence-electron chi connectivity index (χ0n) is 10.6. The van der Waals surface area contributed by atoms with Crippen LogP contribution in [0, 0.1) is 0 Å². The van der Waals surface area contributed by atoms with Crippen molar-refractivity contribution < 1.29 is 4.79 Å². The van der Waals surface area contributed by atoms with Crippen molar-refractivity contribution in [2.75, 3.05) is 14.1 Å². The van der Waals surface area contributed by atoms with Gasteiger partial charge in [0.25, 0.3) is 0 Å². The van der Waals surface area contributed by atoms with E-state index in [1.165, 1.54) is 0 Å². The number of carbonyl (C=O) groups excluding carboxylic acids is 1. The van der Waals surface area contributed by atoms with Gasteiger partial charge < -0.3 is 0 Å². The van der Waals surface area contributed by atoms with Crippen LogP contribution in [-0.2, 0) is 11.2 Å². The van der Waals surface area contributed by atoms with Gasteiger partial charge in [0.05, 0.1) is 5.54 Å². The lowest BCUT2D eigenvalue weighted by atomic mass is 9.84. The van der Waals surface area contributed by atoms with Crippen LogP contribution in [0.3, 0.4) is 0 Å². The zero-order chi connectivity index (χ0) is 12.2. The van der Waals surface area contributed by atoms with Gasteiger partial charge in [-0.2, -0.15) is 11.3 Å². The topological polar surface area (TPSA) is 20.3 Å². The largest absolute Gasteiger partial charge is 0.297 e. The Bertz CT molecular complexity index is 326. The molecule has 0 aliphatic rings. The quantitative estimate of drug-likeness (QED) is 0.760. The highest BCUT2D eigenvalue weighted by Crippen LogP contribution is 2.24. The molecule has 0 unspecified atom stereocenters. The summed E-state index contributed by atoms with van der Waals surface area (Å²) < 4.78 is 0. The van der Waals surface area contributed by atoms with E-state index in [0.29, 0.717) is 12.2 Å². The molecule has 0 saturated carbocycles. The highest BCUT2D eigenvalue weighted by atomic mass is 32.1. The predicted octanol–water partition coefficient (Wildman–Crippen LogP) is 2.98. The van der Waals surface area contributed by atoms with Gasteiger partial charge >= 0.3 is 0 Å². The first-order valence-electron chi connectivity index (χ1n) is 5.78. The summed E-state index contributed by atoms with van der Waals surface area (Å²) in [6.07, 6.45) is 2.31. The van der Waals surface area contributed by atoms with Crippen LogP contribution >= 0.6 is 11.3 Å². The first-order valence-corrected chi connectivity index (χ1v) is 6.73. The minimum Gasteiger partial charge on any atom is -0.297 e. The van der Waals surface area contributed by atoms with E-state index in [0.717, 1.165) is 18.4 Å². The standard InChI is InChI=1S/C13H21NOS/c1-5-13(6-2,14(3)4)12(15)9-11-7-8-16-10-11/h7-8,10H,5-6,9H2,1-4H3. The summed E-state index contributed by atoms with van der Waals surface area (Å²) in [5.41, 5.74) is 0.852. The molecule has 0 aliphatic carbocycles. The second-order valence-corrected chi connectivity index (χ2v) is 5.14. The third-order valence-corrected chi connectivity index (χ3v) is 4.22. The molecule has 1 rings (SSSR count). The molecule has 0 aromatic carbocycles. The van der Waals surface area contributed by atoms with Crippen molar-refractivity contribution in [1.29, 1.82) is 0 Å². The van der Waals surface area contributed by atoms with Gasteiger partial charge in [-0.05, 0) is 49.3 Å². The van der Waals surface area contributed by atoms with E-state index in [1.807, 2.05) is 25.5 Å². The van der Waals surface area contributed by atoms with Gasteiger partial charge in [0.15, 0.2) is 5.78 Å². The fourth-order valence-corrected chi connectivity index (χ4v) is 2.94. The smallest absolute Gasteiger partial charge is 0.157 e. The number of nitrogens with zero attached hydrogens (tertiary/aromatic N) is 1. The lowest BCUT2D eigenvalue weighted by Gasteiger charge is -2.37. The average molecular weight is 239 g/mol. The Morgan fingerprint density at radius 1 is 1.38 bits per heavy atom. The second-order valence-electron chi connectivity index (χ2n) is 4.36. The van der Waals surface area contributed by atoms with Crippen LogP contribution in [0.15, 0.2) is 16.8 Å². The molecule has 0 saturated heterocycles. The van der Waals surface area contributed by atoms with Crippen molar-refractivity contribution in [1.82, 2.24) is 4.90 Å². The number of hydrogen-bond donors (Lipinski definition) is 0. The number of thiophene rings is 1. The van der Waals surface area contributed by atoms with E-state index < -0.39 is 0 Å². The molecule has 1 aromatic heterocycles. The Morgan fingerprint density at radius 2 is 2.00 bits per heavy atom. The highest BCUT2D eigenvalue weighted by molar-refractivity contribution is 7.08. The number of likely N-dealkylation sites (N-methyl/N-ethyl adjacent to an activating group) is 1. The second kappa shape index (κ2) is 5.60. The van der Waals surface area contributed by atoms with Gasteiger partial charge in [-0.15, -0.1) is 0 Å². The molecule has 2 nitrogen and oxygen atoms in total. The van der Waals surface area contributed by atoms with Crippen molar-refractivity contribution in [2.45, 2.75) is 38.6 Å². The van der Waals surface area contributed by atoms with Crippen molar-refractivity contribution >= 4 is 17.1 Å². The minimum atomic E-state index is -0.290. The normalized spacial score (nSPS) is 12.1. The molecule has 1 aromatic rings. The molecule has 0 bridgehead atoms. The number of Topliss-reactive ketones (excluding diaryl/α,β-unsaturated/α-hetero) is 1. The van der Waals surface area contributed by atoms with Gasteiger partial charge in [0.2, 0.25) is 0 Å². The molecule has 0 fully saturated rings. The molecule has 0 spiro atoms. The van der Waals surface area contributed by atoms with Gasteiger partial charge in [-0.1, -0.05) is 13.8 Å². The van der Waals surface area contributed by atoms with Crippen molar-refractivity contribution in [3.05, 3.63) is 22.4 Å². The number of rotatable bonds is 6. The van der Waals surface area contributed by atoms with Gasteiger partial charge in [0.1, 0.15) is 0 Å². The van der Waals surface area contributed by atoms with E-state index in [-0.39, 0.29) is 5.54 Å². The van der Waals surface area contributed by atoms with Crippen LogP contribution in [0.4, 0.5) is 0 Å². The van der Waals surface area contributed by atoms with Crippen molar-refractivity contribution in [3.63, 3.8) is 0 Å². The van der Waals surface area contributed by atoms with Crippen LogP contribution < -0.4 is 0 Å². The van der Waals surface area contributed by atoms with E-state index in [9.17, 15) is 4.79 Å². The Balaban J connectivity index is 2.83. The molecule has 0 amide bonds. The van der Waals surface area contributed by atoms with Crippen molar-refractivity contribution in [2.24, 2.45) is 0 Å². The van der Waals surface area contributed by atoms with E-state index in [4.69, 9.17) is 0 Å². The van der Waals surface area contributed by atoms with Crippen LogP contribution in [0.1, 0.15) is 32.3 Å². The average Bonchev–Trinajstić information content (AvgIpc) is 2.72. The monoisotopic (exact) mass is 239 g/mol. The molecule has 0 atom stereocenters. The van der Waals surface area contributed by atoms with Gasteiger partial charge in [-0.3, -0.25) is 9.69 Å². The first-order chi connectivity index (χ1) is 7.56. The van der Waals surface area contributed by atoms with Crippen LogP contribution in [0.25, 0.3) is 0 Å². The number of carbonyl (C=O) groups is 1. The lowest BCUT2D eigenvalue weighted by Crippen LogP contribution is -2.50. The predicted molar refractivity (Wildman–Crippen MR) is 70.0 cm³/mol. The summed E-state index contributed by atoms with van der Waals surface area (Å²) >= 11 is 1.65. The fraction of sp³-hybridized carbons (Fsp3) is 0.615. The summed E-state index contributed by atoms with van der Waals surface area (Å²) in [5.74, 6) is 0.334. The molecule has 0 radical (unpaired) electrons. The zero-order valence-corrected chi connectivity index (χ0v) is 11.4. The SMILES string of the molecule is CCC(CC)(C(=O)Cc1ccsc1)N(C)C. The highest BCUT2D eigenvalue weighted by Gasteiger charge is 2.36. The summed E-state index contributed by atoms with van der Waals surface area (Å²) in [6, 6.07) is 2.04. The number of ketones is 1. The minimum absolute atomic E-state index is 0.290. The first kappa shape index (κ1) is 13.4. The lowest BCUT2D eigenvalue weighted by molar-refractivity contribution is -0.129. The summed E-state index contributed by atoms with van der Waals surface area (Å²) in [5, 5.41) is 4.08. The third kappa shape index (κ3) is 2.53. The summed E-state index contributed by atoms with van der Waals surface area (Å²) in [4.78, 5) is 14.5. The summed E-state index contributed by atoms with van der Waals surface area (Å²) in [7, 11) is 4.00.